The zero-order chi connectivity index (χ0) is 14.7. The van der Waals surface area contributed by atoms with Crippen LogP contribution in [0.15, 0.2) is 30.7 Å². The maximum atomic E-state index is 12.6. The van der Waals surface area contributed by atoms with Gasteiger partial charge in [0.25, 0.3) is 5.91 Å². The summed E-state index contributed by atoms with van der Waals surface area (Å²) in [6, 6.07) is 3.84. The smallest absolute Gasteiger partial charge is 0.272 e. The number of carbonyl (C=O) groups is 1. The van der Waals surface area contributed by atoms with Crippen molar-refractivity contribution in [2.45, 2.75) is 19.4 Å². The van der Waals surface area contributed by atoms with Crippen molar-refractivity contribution >= 4 is 5.91 Å². The van der Waals surface area contributed by atoms with Crippen LogP contribution in [0.25, 0.3) is 11.1 Å². The van der Waals surface area contributed by atoms with Crippen molar-refractivity contribution < 1.29 is 9.53 Å². The van der Waals surface area contributed by atoms with Crippen molar-refractivity contribution in [3.63, 3.8) is 0 Å². The summed E-state index contributed by atoms with van der Waals surface area (Å²) >= 11 is 0. The lowest BCUT2D eigenvalue weighted by Gasteiger charge is -2.26. The largest absolute Gasteiger partial charge is 0.380 e. The molecule has 1 saturated heterocycles. The Kier molecular flexibility index (Phi) is 3.96. The van der Waals surface area contributed by atoms with Gasteiger partial charge in [-0.25, -0.2) is 0 Å². The number of nitrogens with zero attached hydrogens (tertiary/aromatic N) is 3. The van der Waals surface area contributed by atoms with Crippen molar-refractivity contribution in [1.82, 2.24) is 20.1 Å². The van der Waals surface area contributed by atoms with Crippen molar-refractivity contribution in [2.75, 3.05) is 19.8 Å². The molecule has 0 saturated carbocycles. The van der Waals surface area contributed by atoms with Crippen LogP contribution < -0.4 is 0 Å². The number of rotatable bonds is 2. The second-order valence-electron chi connectivity index (χ2n) is 5.17. The molecule has 0 aliphatic carbocycles. The van der Waals surface area contributed by atoms with E-state index < -0.39 is 0 Å². The molecule has 3 heterocycles. The van der Waals surface area contributed by atoms with Crippen LogP contribution in [-0.4, -0.2) is 51.8 Å². The summed E-state index contributed by atoms with van der Waals surface area (Å²) in [5.74, 6) is -0.0354. The number of ether oxygens (including phenoxy) is 1. The average molecular weight is 286 g/mol. The summed E-state index contributed by atoms with van der Waals surface area (Å²) in [5.41, 5.74) is 2.36. The maximum absolute atomic E-state index is 12.6. The summed E-state index contributed by atoms with van der Waals surface area (Å²) in [6.45, 7) is 3.96. The van der Waals surface area contributed by atoms with E-state index in [-0.39, 0.29) is 11.9 Å². The van der Waals surface area contributed by atoms with E-state index in [1.807, 2.05) is 17.9 Å². The quantitative estimate of drug-likeness (QED) is 0.912. The first-order chi connectivity index (χ1) is 10.3. The molecule has 110 valence electrons. The Hall–Kier alpha value is -2.21. The van der Waals surface area contributed by atoms with Gasteiger partial charge in [-0.1, -0.05) is 6.07 Å². The Bertz CT molecular complexity index is 595. The van der Waals surface area contributed by atoms with Crippen molar-refractivity contribution in [2.24, 2.45) is 0 Å². The fourth-order valence-corrected chi connectivity index (χ4v) is 2.44. The second-order valence-corrected chi connectivity index (χ2v) is 5.17. The highest BCUT2D eigenvalue weighted by Gasteiger charge is 2.24. The predicted octanol–water partition coefficient (Wildman–Crippen LogP) is 1.72. The summed E-state index contributed by atoms with van der Waals surface area (Å²) < 4.78 is 5.42. The zero-order valence-electron chi connectivity index (χ0n) is 12.0. The lowest BCUT2D eigenvalue weighted by atomic mass is 10.1. The molecule has 2 aromatic rings. The Labute approximate surface area is 123 Å². The van der Waals surface area contributed by atoms with Gasteiger partial charge >= 0.3 is 0 Å². The number of hydrogen-bond donors (Lipinski definition) is 1. The molecular formula is C15H18N4O2. The molecule has 2 aromatic heterocycles. The first-order valence-electron chi connectivity index (χ1n) is 7.09. The van der Waals surface area contributed by atoms with Gasteiger partial charge in [-0.3, -0.25) is 14.9 Å². The fourth-order valence-electron chi connectivity index (χ4n) is 2.44. The first kappa shape index (κ1) is 13.8. The SMILES string of the molecule is CC1CCOCCN1C(=O)c1ccc(-c2cn[nH]c2)cn1. The van der Waals surface area contributed by atoms with E-state index in [1.54, 1.807) is 24.7 Å². The molecule has 1 fully saturated rings. The summed E-state index contributed by atoms with van der Waals surface area (Å²) in [5, 5.41) is 6.67. The van der Waals surface area contributed by atoms with E-state index in [2.05, 4.69) is 15.2 Å². The maximum Gasteiger partial charge on any atom is 0.272 e. The molecule has 1 N–H and O–H groups in total. The van der Waals surface area contributed by atoms with E-state index in [4.69, 9.17) is 4.74 Å². The fraction of sp³-hybridized carbons (Fsp3) is 0.400. The average Bonchev–Trinajstić information content (AvgIpc) is 2.96. The van der Waals surface area contributed by atoms with Gasteiger partial charge in [0, 0.05) is 42.7 Å². The van der Waals surface area contributed by atoms with Crippen LogP contribution >= 0.6 is 0 Å². The van der Waals surface area contributed by atoms with Crippen molar-refractivity contribution in [1.29, 1.82) is 0 Å². The number of carbonyl (C=O) groups excluding carboxylic acids is 1. The molecule has 1 atom stereocenters. The summed E-state index contributed by atoms with van der Waals surface area (Å²) in [4.78, 5) is 18.7. The number of nitrogens with one attached hydrogen (secondary N) is 1. The number of H-pyrrole nitrogens is 1. The Morgan fingerprint density at radius 1 is 1.33 bits per heavy atom. The molecule has 0 radical (unpaired) electrons. The molecule has 1 aliphatic heterocycles. The van der Waals surface area contributed by atoms with Gasteiger partial charge in [-0.15, -0.1) is 0 Å². The summed E-state index contributed by atoms with van der Waals surface area (Å²) in [7, 11) is 0. The standard InChI is InChI=1S/C15H18N4O2/c1-11-4-6-21-7-5-19(11)15(20)14-3-2-12(8-16-14)13-9-17-18-10-13/h2-3,8-11H,4-7H2,1H3,(H,17,18). The summed E-state index contributed by atoms with van der Waals surface area (Å²) in [6.07, 6.45) is 6.09. The number of pyridine rings is 1. The third-order valence-electron chi connectivity index (χ3n) is 3.76. The highest BCUT2D eigenvalue weighted by atomic mass is 16.5. The van der Waals surface area contributed by atoms with E-state index in [9.17, 15) is 4.79 Å². The van der Waals surface area contributed by atoms with Crippen LogP contribution in [0.4, 0.5) is 0 Å². The molecule has 1 unspecified atom stereocenters. The van der Waals surface area contributed by atoms with Gasteiger partial charge in [0.15, 0.2) is 0 Å². The number of hydrogen-bond acceptors (Lipinski definition) is 4. The van der Waals surface area contributed by atoms with Crippen LogP contribution in [0.1, 0.15) is 23.8 Å². The molecule has 0 bridgehead atoms. The second kappa shape index (κ2) is 6.05. The lowest BCUT2D eigenvalue weighted by molar-refractivity contribution is 0.0681. The molecule has 0 aromatic carbocycles. The van der Waals surface area contributed by atoms with Crippen LogP contribution in [0.5, 0.6) is 0 Å². The predicted molar refractivity (Wildman–Crippen MR) is 77.8 cm³/mol. The van der Waals surface area contributed by atoms with Crippen LogP contribution in [0.3, 0.4) is 0 Å². The molecule has 1 amide bonds. The van der Waals surface area contributed by atoms with Gasteiger partial charge in [0.2, 0.25) is 0 Å². The first-order valence-corrected chi connectivity index (χ1v) is 7.09. The van der Waals surface area contributed by atoms with Gasteiger partial charge in [0.1, 0.15) is 5.69 Å². The number of amides is 1. The Morgan fingerprint density at radius 2 is 2.24 bits per heavy atom. The van der Waals surface area contributed by atoms with E-state index in [1.165, 1.54) is 0 Å². The number of aromatic nitrogens is 3. The molecule has 0 spiro atoms. The van der Waals surface area contributed by atoms with E-state index in [0.29, 0.717) is 25.5 Å². The molecule has 6 nitrogen and oxygen atoms in total. The Morgan fingerprint density at radius 3 is 2.95 bits per heavy atom. The topological polar surface area (TPSA) is 71.1 Å². The molecule has 6 heteroatoms. The number of aromatic amines is 1. The molecular weight excluding hydrogens is 268 g/mol. The van der Waals surface area contributed by atoms with E-state index in [0.717, 1.165) is 17.5 Å². The minimum atomic E-state index is -0.0354. The lowest BCUT2D eigenvalue weighted by Crippen LogP contribution is -2.39. The van der Waals surface area contributed by atoms with Gasteiger partial charge in [-0.05, 0) is 19.4 Å². The van der Waals surface area contributed by atoms with Crippen LogP contribution in [0.2, 0.25) is 0 Å². The minimum Gasteiger partial charge on any atom is -0.380 e. The van der Waals surface area contributed by atoms with E-state index >= 15 is 0 Å². The third kappa shape index (κ3) is 2.95. The van der Waals surface area contributed by atoms with Crippen LogP contribution in [-0.2, 0) is 4.74 Å². The van der Waals surface area contributed by atoms with Crippen molar-refractivity contribution in [3.8, 4) is 11.1 Å². The molecule has 1 aliphatic rings. The highest BCUT2D eigenvalue weighted by molar-refractivity contribution is 5.92. The van der Waals surface area contributed by atoms with Crippen LogP contribution in [0, 0.1) is 0 Å². The molecule has 21 heavy (non-hydrogen) atoms. The Balaban J connectivity index is 1.78. The normalized spacial score (nSPS) is 19.3. The van der Waals surface area contributed by atoms with Gasteiger partial charge in [-0.2, -0.15) is 5.10 Å². The van der Waals surface area contributed by atoms with Gasteiger partial charge in [0.05, 0.1) is 12.8 Å². The van der Waals surface area contributed by atoms with Crippen molar-refractivity contribution in [3.05, 3.63) is 36.4 Å². The highest BCUT2D eigenvalue weighted by Crippen LogP contribution is 2.18. The third-order valence-corrected chi connectivity index (χ3v) is 3.76. The zero-order valence-corrected chi connectivity index (χ0v) is 12.0. The monoisotopic (exact) mass is 286 g/mol. The molecule has 3 rings (SSSR count). The minimum absolute atomic E-state index is 0.0354. The van der Waals surface area contributed by atoms with Gasteiger partial charge < -0.3 is 9.64 Å².